The van der Waals surface area contributed by atoms with Gasteiger partial charge in [-0.1, -0.05) is 53.6 Å². The largest absolute Gasteiger partial charge is 0.477 e. The van der Waals surface area contributed by atoms with Crippen LogP contribution >= 0.6 is 0 Å². The predicted octanol–water partition coefficient (Wildman–Crippen LogP) is 7.31. The molecule has 0 aliphatic heterocycles. The van der Waals surface area contributed by atoms with E-state index in [2.05, 4.69) is 28.0 Å². The maximum atomic E-state index is 10.1. The van der Waals surface area contributed by atoms with Crippen molar-refractivity contribution in [3.05, 3.63) is 179 Å². The number of aromatic nitrogens is 3. The van der Waals surface area contributed by atoms with Crippen LogP contribution in [0.5, 0.6) is 0 Å². The van der Waals surface area contributed by atoms with Crippen LogP contribution in [0.3, 0.4) is 0 Å². The third-order valence-electron chi connectivity index (χ3n) is 7.32. The molecule has 3 aromatic carbocycles. The number of hydrogen-bond acceptors (Lipinski definition) is 5. The number of carboxylic acid groups (broad SMARTS) is 1. The third kappa shape index (κ3) is 5.64. The predicted molar refractivity (Wildman–Crippen MR) is 165 cm³/mol. The number of rotatable bonds is 4. The zero-order valence-electron chi connectivity index (χ0n) is 23.5. The van der Waals surface area contributed by atoms with Crippen molar-refractivity contribution in [1.82, 2.24) is 15.0 Å². The molecule has 0 saturated heterocycles. The number of carbonyl (C=O) groups is 1. The van der Waals surface area contributed by atoms with Gasteiger partial charge in [-0.2, -0.15) is 12.1 Å². The summed E-state index contributed by atoms with van der Waals surface area (Å²) in [5, 5.41) is 17.9. The van der Waals surface area contributed by atoms with Gasteiger partial charge < -0.3 is 5.11 Å². The van der Waals surface area contributed by atoms with Gasteiger partial charge >= 0.3 is 5.97 Å². The van der Waals surface area contributed by atoms with Gasteiger partial charge in [0.1, 0.15) is 5.69 Å². The Bertz CT molecular complexity index is 2010. The molecule has 3 aromatic heterocycles. The normalized spacial score (nSPS) is 13.8. The van der Waals surface area contributed by atoms with Gasteiger partial charge in [0, 0.05) is 44.3 Å². The van der Waals surface area contributed by atoms with E-state index in [1.54, 1.807) is 24.4 Å². The van der Waals surface area contributed by atoms with Crippen LogP contribution in [-0.4, -0.2) is 26.0 Å². The number of hydrogen-bond donors (Lipinski definition) is 1. The summed E-state index contributed by atoms with van der Waals surface area (Å²) < 4.78 is 0. The monoisotopic (exact) mass is 760 g/mol. The summed E-state index contributed by atoms with van der Waals surface area (Å²) in [6.45, 7) is 7.56. The van der Waals surface area contributed by atoms with Gasteiger partial charge in [0.25, 0.3) is 0 Å². The molecule has 3 heterocycles. The Labute approximate surface area is 273 Å². The van der Waals surface area contributed by atoms with Crippen LogP contribution in [0.25, 0.3) is 27.2 Å². The molecule has 6 aromatic rings. The number of pyridine rings is 3. The first-order valence-corrected chi connectivity index (χ1v) is 13.6. The maximum absolute atomic E-state index is 10.1. The Morgan fingerprint density at radius 3 is 2.29 bits per heavy atom. The second-order valence-corrected chi connectivity index (χ2v) is 9.80. The van der Waals surface area contributed by atoms with E-state index >= 15 is 0 Å². The maximum Gasteiger partial charge on any atom is 0.354 e. The number of carboxylic acids is 1. The third-order valence-corrected chi connectivity index (χ3v) is 7.32. The Hall–Kier alpha value is -5.79. The molecule has 1 atom stereocenters. The number of aromatic carboxylic acids is 1. The zero-order chi connectivity index (χ0) is 30.5. The second kappa shape index (κ2) is 13.2. The topological polar surface area (TPSA) is 104 Å². The molecule has 1 N–H and O–H groups in total. The molecule has 8 heteroatoms. The molecule has 0 unspecified atom stereocenters. The molecule has 0 fully saturated rings. The number of nitrogens with zero attached hydrogens (tertiary/aromatic N) is 5. The first kappa shape index (κ1) is 30.7. The molecule has 1 aliphatic carbocycles. The van der Waals surface area contributed by atoms with Crippen molar-refractivity contribution < 1.29 is 30.0 Å². The summed E-state index contributed by atoms with van der Waals surface area (Å²) in [7, 11) is 0. The second-order valence-electron chi connectivity index (χ2n) is 9.80. The van der Waals surface area contributed by atoms with Crippen LogP contribution in [0.15, 0.2) is 122 Å². The molecule has 7 rings (SSSR count). The fourth-order valence-electron chi connectivity index (χ4n) is 5.45. The van der Waals surface area contributed by atoms with E-state index in [9.17, 15) is 10.1 Å². The van der Waals surface area contributed by atoms with Gasteiger partial charge in [-0.3, -0.25) is 9.97 Å². The standard InChI is InChI=1S/C31H16N4.C6H5NO2.Ir/c1-33-23-14-16-27-25(19-23)24-18-21(20-32)13-15-26(24)31(27,29-11-5-6-17-34-29)30-12-7-10-28(35-30)22-8-3-2-4-9-22;8-6(9)5-3-1-2-4-7-5;/h2-8,10-14,16-19H;1-4H,(H,8,9);/q-2;;/t31-;;/m1../s1. The first-order valence-electron chi connectivity index (χ1n) is 13.6. The molecule has 217 valence electrons. The fraction of sp³-hybridized carbons (Fsp3) is 0.0270. The van der Waals surface area contributed by atoms with Crippen LogP contribution < -0.4 is 0 Å². The molecule has 0 saturated carbocycles. The molecular formula is C37H21IrN5O2-2. The Morgan fingerprint density at radius 1 is 0.867 bits per heavy atom. The molecule has 0 bridgehead atoms. The van der Waals surface area contributed by atoms with Crippen LogP contribution in [0.1, 0.15) is 38.6 Å². The minimum atomic E-state index is -0.990. The Morgan fingerprint density at radius 2 is 1.64 bits per heavy atom. The quantitative estimate of drug-likeness (QED) is 0.189. The summed E-state index contributed by atoms with van der Waals surface area (Å²) >= 11 is 0. The van der Waals surface area contributed by atoms with Gasteiger partial charge in [-0.25, -0.2) is 19.9 Å². The van der Waals surface area contributed by atoms with E-state index in [-0.39, 0.29) is 25.8 Å². The van der Waals surface area contributed by atoms with Crippen molar-refractivity contribution in [1.29, 1.82) is 5.26 Å². The van der Waals surface area contributed by atoms with Crippen molar-refractivity contribution in [2.75, 3.05) is 0 Å². The van der Waals surface area contributed by atoms with E-state index in [4.69, 9.17) is 21.6 Å². The number of fused-ring (bicyclic) bond motifs is 3. The van der Waals surface area contributed by atoms with Crippen LogP contribution in [0.2, 0.25) is 0 Å². The van der Waals surface area contributed by atoms with Crippen LogP contribution in [0.4, 0.5) is 5.69 Å². The van der Waals surface area contributed by atoms with Crippen LogP contribution in [0, 0.1) is 30.0 Å². The smallest absolute Gasteiger partial charge is 0.354 e. The van der Waals surface area contributed by atoms with Crippen LogP contribution in [-0.2, 0) is 25.5 Å². The molecule has 1 aliphatic rings. The summed E-state index contributed by atoms with van der Waals surface area (Å²) in [4.78, 5) is 27.3. The molecule has 45 heavy (non-hydrogen) atoms. The minimum Gasteiger partial charge on any atom is -0.477 e. The van der Waals surface area contributed by atoms with E-state index < -0.39 is 11.4 Å². The SMILES string of the molecule is O=C(O)c1ccccn1.[C-]#[N+]c1ccc2c(c1)-c1cc(C#N)c[c-]c1[C@@]2(c1ccccn1)c1cccc(-c2[c-]cccc2)n1.[Ir]. The Balaban J connectivity index is 0.000000347. The molecule has 0 amide bonds. The van der Waals surface area contributed by atoms with Crippen molar-refractivity contribution in [2.24, 2.45) is 0 Å². The van der Waals surface area contributed by atoms with Crippen molar-refractivity contribution in [3.8, 4) is 28.5 Å². The summed E-state index contributed by atoms with van der Waals surface area (Å²) in [5.41, 5.74) is 7.18. The molecule has 0 spiro atoms. The molecule has 1 radical (unpaired) electrons. The first-order chi connectivity index (χ1) is 21.6. The number of nitriles is 1. The van der Waals surface area contributed by atoms with Gasteiger partial charge in [0.2, 0.25) is 0 Å². The average Bonchev–Trinajstić information content (AvgIpc) is 3.39. The molecule has 7 nitrogen and oxygen atoms in total. The molecular weight excluding hydrogens is 739 g/mol. The van der Waals surface area contributed by atoms with Gasteiger partial charge in [0.15, 0.2) is 5.69 Å². The Kier molecular flexibility index (Phi) is 9.02. The van der Waals surface area contributed by atoms with E-state index in [0.29, 0.717) is 11.3 Å². The fourth-order valence-corrected chi connectivity index (χ4v) is 5.45. The van der Waals surface area contributed by atoms with E-state index in [1.807, 2.05) is 84.9 Å². The van der Waals surface area contributed by atoms with E-state index in [1.165, 1.54) is 12.3 Å². The van der Waals surface area contributed by atoms with Crippen molar-refractivity contribution >= 4 is 11.7 Å². The van der Waals surface area contributed by atoms with Crippen molar-refractivity contribution in [2.45, 2.75) is 5.41 Å². The summed E-state index contributed by atoms with van der Waals surface area (Å²) in [6.07, 6.45) is 3.23. The van der Waals surface area contributed by atoms with E-state index in [0.717, 1.165) is 44.9 Å². The minimum absolute atomic E-state index is 0. The average molecular weight is 760 g/mol. The number of benzene rings is 3. The summed E-state index contributed by atoms with van der Waals surface area (Å²) in [5.74, 6) is -0.990. The van der Waals surface area contributed by atoms with Crippen molar-refractivity contribution in [3.63, 3.8) is 0 Å². The zero-order valence-corrected chi connectivity index (χ0v) is 25.9. The van der Waals surface area contributed by atoms with Gasteiger partial charge in [0.05, 0.1) is 17.7 Å². The van der Waals surface area contributed by atoms with Gasteiger partial charge in [-0.05, 0) is 41.6 Å². The summed E-state index contributed by atoms with van der Waals surface area (Å²) in [6, 6.07) is 42.6. The van der Waals surface area contributed by atoms with Gasteiger partial charge in [-0.15, -0.1) is 53.1 Å².